The van der Waals surface area contributed by atoms with E-state index in [2.05, 4.69) is 0 Å². The van der Waals surface area contributed by atoms with Gasteiger partial charge in [-0.05, 0) is 13.0 Å². The van der Waals surface area contributed by atoms with E-state index in [0.29, 0.717) is 10.6 Å². The summed E-state index contributed by atoms with van der Waals surface area (Å²) >= 11 is 6.15. The number of aryl methyl sites for hydroxylation is 1. The summed E-state index contributed by atoms with van der Waals surface area (Å²) in [6, 6.07) is 5.60. The smallest absolute Gasteiger partial charge is 0.150 e. The SMILES string of the molecule is Cc1c(Cl)c2c(C=O)cccc2n1C. The van der Waals surface area contributed by atoms with Crippen molar-refractivity contribution in [1.82, 2.24) is 4.57 Å². The summed E-state index contributed by atoms with van der Waals surface area (Å²) in [4.78, 5) is 10.8. The number of aldehydes is 1. The molecule has 2 rings (SSSR count). The molecular formula is C11H10ClNO. The number of rotatable bonds is 1. The Kier molecular flexibility index (Phi) is 2.08. The van der Waals surface area contributed by atoms with E-state index in [-0.39, 0.29) is 0 Å². The fourth-order valence-corrected chi connectivity index (χ4v) is 2.02. The largest absolute Gasteiger partial charge is 0.346 e. The fourth-order valence-electron chi connectivity index (χ4n) is 1.68. The van der Waals surface area contributed by atoms with Gasteiger partial charge < -0.3 is 4.57 Å². The zero-order valence-electron chi connectivity index (χ0n) is 8.04. The molecule has 0 saturated heterocycles. The van der Waals surface area contributed by atoms with Crippen LogP contribution in [0.25, 0.3) is 10.9 Å². The average molecular weight is 208 g/mol. The summed E-state index contributed by atoms with van der Waals surface area (Å²) in [7, 11) is 1.94. The maximum Gasteiger partial charge on any atom is 0.150 e. The highest BCUT2D eigenvalue weighted by molar-refractivity contribution is 6.37. The van der Waals surface area contributed by atoms with Gasteiger partial charge in [-0.3, -0.25) is 4.79 Å². The summed E-state index contributed by atoms with van der Waals surface area (Å²) < 4.78 is 1.99. The van der Waals surface area contributed by atoms with Gasteiger partial charge in [-0.25, -0.2) is 0 Å². The lowest BCUT2D eigenvalue weighted by atomic mass is 10.1. The Balaban J connectivity index is 3.01. The van der Waals surface area contributed by atoms with Gasteiger partial charge >= 0.3 is 0 Å². The predicted molar refractivity (Wildman–Crippen MR) is 58.1 cm³/mol. The maximum absolute atomic E-state index is 10.8. The Labute approximate surface area is 87.1 Å². The number of halogens is 1. The van der Waals surface area contributed by atoms with Gasteiger partial charge in [-0.1, -0.05) is 23.7 Å². The molecular weight excluding hydrogens is 198 g/mol. The van der Waals surface area contributed by atoms with Crippen molar-refractivity contribution < 1.29 is 4.79 Å². The lowest BCUT2D eigenvalue weighted by Gasteiger charge is -1.97. The molecule has 0 aliphatic heterocycles. The third kappa shape index (κ3) is 1.07. The Hall–Kier alpha value is -1.28. The van der Waals surface area contributed by atoms with Crippen LogP contribution in [0.2, 0.25) is 5.02 Å². The van der Waals surface area contributed by atoms with Crippen molar-refractivity contribution in [1.29, 1.82) is 0 Å². The third-order valence-corrected chi connectivity index (χ3v) is 3.07. The predicted octanol–water partition coefficient (Wildman–Crippen LogP) is 2.95. The highest BCUT2D eigenvalue weighted by Gasteiger charge is 2.12. The van der Waals surface area contributed by atoms with E-state index in [4.69, 9.17) is 11.6 Å². The number of carbonyl (C=O) groups excluding carboxylic acids is 1. The van der Waals surface area contributed by atoms with Gasteiger partial charge in [0.05, 0.1) is 10.5 Å². The van der Waals surface area contributed by atoms with Gasteiger partial charge in [-0.2, -0.15) is 0 Å². The fraction of sp³-hybridized carbons (Fsp3) is 0.182. The lowest BCUT2D eigenvalue weighted by Crippen LogP contribution is -1.89. The highest BCUT2D eigenvalue weighted by Crippen LogP contribution is 2.31. The van der Waals surface area contributed by atoms with Crippen LogP contribution in [0, 0.1) is 6.92 Å². The van der Waals surface area contributed by atoms with Crippen LogP contribution in [0.1, 0.15) is 16.1 Å². The number of hydrogen-bond donors (Lipinski definition) is 0. The number of benzene rings is 1. The first kappa shape index (κ1) is 9.28. The quantitative estimate of drug-likeness (QED) is 0.659. The lowest BCUT2D eigenvalue weighted by molar-refractivity contribution is 0.112. The molecule has 1 aromatic heterocycles. The summed E-state index contributed by atoms with van der Waals surface area (Å²) in [5, 5.41) is 1.52. The van der Waals surface area contributed by atoms with Crippen molar-refractivity contribution in [3.63, 3.8) is 0 Å². The first-order valence-electron chi connectivity index (χ1n) is 4.35. The molecule has 0 spiro atoms. The van der Waals surface area contributed by atoms with Crippen LogP contribution in [0.5, 0.6) is 0 Å². The third-order valence-electron chi connectivity index (χ3n) is 2.60. The highest BCUT2D eigenvalue weighted by atomic mass is 35.5. The van der Waals surface area contributed by atoms with Crippen LogP contribution >= 0.6 is 11.6 Å². The van der Waals surface area contributed by atoms with Gasteiger partial charge in [0.15, 0.2) is 6.29 Å². The maximum atomic E-state index is 10.8. The minimum Gasteiger partial charge on any atom is -0.346 e. The van der Waals surface area contributed by atoms with Crippen LogP contribution < -0.4 is 0 Å². The Morgan fingerprint density at radius 3 is 2.79 bits per heavy atom. The van der Waals surface area contributed by atoms with Crippen LogP contribution in [-0.2, 0) is 7.05 Å². The summed E-state index contributed by atoms with van der Waals surface area (Å²) in [5.41, 5.74) is 2.63. The first-order chi connectivity index (χ1) is 6.66. The monoisotopic (exact) mass is 207 g/mol. The molecule has 0 aliphatic rings. The number of carbonyl (C=O) groups is 1. The second kappa shape index (κ2) is 3.14. The van der Waals surface area contributed by atoms with Crippen LogP contribution in [0.3, 0.4) is 0 Å². The molecule has 1 aromatic carbocycles. The number of nitrogens with zero attached hydrogens (tertiary/aromatic N) is 1. The summed E-state index contributed by atoms with van der Waals surface area (Å²) in [6.07, 6.45) is 0.841. The van der Waals surface area contributed by atoms with Gasteiger partial charge in [0, 0.05) is 23.7 Å². The van der Waals surface area contributed by atoms with Gasteiger partial charge in [0.25, 0.3) is 0 Å². The molecule has 1 heterocycles. The van der Waals surface area contributed by atoms with E-state index in [0.717, 1.165) is 22.9 Å². The van der Waals surface area contributed by atoms with Crippen molar-refractivity contribution >= 4 is 28.8 Å². The van der Waals surface area contributed by atoms with Gasteiger partial charge in [-0.15, -0.1) is 0 Å². The molecule has 0 fully saturated rings. The van der Waals surface area contributed by atoms with Crippen LogP contribution in [0.15, 0.2) is 18.2 Å². The second-order valence-electron chi connectivity index (χ2n) is 3.32. The molecule has 0 radical (unpaired) electrons. The second-order valence-corrected chi connectivity index (χ2v) is 3.70. The molecule has 72 valence electrons. The van der Waals surface area contributed by atoms with E-state index in [1.165, 1.54) is 0 Å². The molecule has 0 saturated carbocycles. The van der Waals surface area contributed by atoms with E-state index >= 15 is 0 Å². The topological polar surface area (TPSA) is 22.0 Å². The van der Waals surface area contributed by atoms with Crippen molar-refractivity contribution in [3.8, 4) is 0 Å². The van der Waals surface area contributed by atoms with Crippen LogP contribution in [-0.4, -0.2) is 10.9 Å². The molecule has 14 heavy (non-hydrogen) atoms. The Morgan fingerprint density at radius 1 is 1.43 bits per heavy atom. The molecule has 0 unspecified atom stereocenters. The minimum absolute atomic E-state index is 0.649. The van der Waals surface area contributed by atoms with Crippen molar-refractivity contribution in [3.05, 3.63) is 34.5 Å². The number of aromatic nitrogens is 1. The van der Waals surface area contributed by atoms with E-state index in [1.54, 1.807) is 6.07 Å². The number of hydrogen-bond acceptors (Lipinski definition) is 1. The molecule has 2 nitrogen and oxygen atoms in total. The van der Waals surface area contributed by atoms with E-state index in [1.807, 2.05) is 30.7 Å². The zero-order valence-corrected chi connectivity index (χ0v) is 8.80. The molecule has 0 amide bonds. The average Bonchev–Trinajstić information content (AvgIpc) is 2.44. The number of fused-ring (bicyclic) bond motifs is 1. The van der Waals surface area contributed by atoms with Crippen molar-refractivity contribution in [2.75, 3.05) is 0 Å². The van der Waals surface area contributed by atoms with Crippen LogP contribution in [0.4, 0.5) is 0 Å². The van der Waals surface area contributed by atoms with Crippen molar-refractivity contribution in [2.45, 2.75) is 6.92 Å². The van der Waals surface area contributed by atoms with E-state index in [9.17, 15) is 4.79 Å². The van der Waals surface area contributed by atoms with Gasteiger partial charge in [0.2, 0.25) is 0 Å². The Morgan fingerprint density at radius 2 is 2.14 bits per heavy atom. The minimum atomic E-state index is 0.649. The Bertz CT molecular complexity index is 513. The normalized spacial score (nSPS) is 10.8. The first-order valence-corrected chi connectivity index (χ1v) is 4.73. The standard InChI is InChI=1S/C11H10ClNO/c1-7-11(12)10-8(6-14)4-3-5-9(10)13(7)2/h3-6H,1-2H3. The summed E-state index contributed by atoms with van der Waals surface area (Å²) in [6.45, 7) is 1.94. The molecule has 2 aromatic rings. The molecule has 0 N–H and O–H groups in total. The summed E-state index contributed by atoms with van der Waals surface area (Å²) in [5.74, 6) is 0. The zero-order chi connectivity index (χ0) is 10.3. The van der Waals surface area contributed by atoms with E-state index < -0.39 is 0 Å². The molecule has 0 atom stereocenters. The molecule has 3 heteroatoms. The van der Waals surface area contributed by atoms with Gasteiger partial charge in [0.1, 0.15) is 0 Å². The molecule has 0 bridgehead atoms. The molecule has 0 aliphatic carbocycles. The van der Waals surface area contributed by atoms with Crippen molar-refractivity contribution in [2.24, 2.45) is 7.05 Å².